The van der Waals surface area contributed by atoms with E-state index < -0.39 is 0 Å². The van der Waals surface area contributed by atoms with Gasteiger partial charge in [-0.05, 0) is 24.3 Å². The van der Waals surface area contributed by atoms with E-state index in [2.05, 4.69) is 4.98 Å². The predicted molar refractivity (Wildman–Crippen MR) is 94.2 cm³/mol. The average molecular weight is 338 g/mol. The predicted octanol–water partition coefficient (Wildman–Crippen LogP) is 4.26. The van der Waals surface area contributed by atoms with Gasteiger partial charge in [0.25, 0.3) is 0 Å². The Kier molecular flexibility index (Phi) is 4.36. The van der Waals surface area contributed by atoms with Gasteiger partial charge in [-0.1, -0.05) is 18.2 Å². The Hall–Kier alpha value is -3.04. The summed E-state index contributed by atoms with van der Waals surface area (Å²) >= 11 is 1.35. The van der Waals surface area contributed by atoms with E-state index in [9.17, 15) is 10.4 Å². The second kappa shape index (κ2) is 6.60. The van der Waals surface area contributed by atoms with Crippen LogP contribution in [0.5, 0.6) is 11.5 Å². The molecule has 24 heavy (non-hydrogen) atoms. The number of aliphatic hydroxyl groups excluding tert-OH is 1. The molecule has 0 atom stereocenters. The van der Waals surface area contributed by atoms with Gasteiger partial charge >= 0.3 is 0 Å². The van der Waals surface area contributed by atoms with Crippen LogP contribution in [0, 0.1) is 11.3 Å². The molecule has 0 radical (unpaired) electrons. The number of fused-ring (bicyclic) bond motifs is 1. The van der Waals surface area contributed by atoms with Crippen LogP contribution in [0.2, 0.25) is 0 Å². The summed E-state index contributed by atoms with van der Waals surface area (Å²) in [6, 6.07) is 14.8. The van der Waals surface area contributed by atoms with E-state index in [1.54, 1.807) is 18.2 Å². The highest BCUT2D eigenvalue weighted by molar-refractivity contribution is 7.19. The second-order valence-corrected chi connectivity index (χ2v) is 5.89. The second-order valence-electron chi connectivity index (χ2n) is 4.86. The lowest BCUT2D eigenvalue weighted by atomic mass is 10.1. The first-order chi connectivity index (χ1) is 11.7. The average Bonchev–Trinajstić information content (AvgIpc) is 3.04. The van der Waals surface area contributed by atoms with Crippen LogP contribution in [0.1, 0.15) is 10.6 Å². The van der Waals surface area contributed by atoms with Crippen LogP contribution in [-0.2, 0) is 0 Å². The zero-order valence-electron chi connectivity index (χ0n) is 13.1. The standard InChI is InChI=1S/C18H14N2O3S/c1-22-13-7-5-8-14(23-2)16(13)17(21)11(10-19)18-20-12-6-3-4-9-15(12)24-18/h3-9,21H,1-2H3. The minimum Gasteiger partial charge on any atom is -0.506 e. The minimum absolute atomic E-state index is 0.0824. The highest BCUT2D eigenvalue weighted by Crippen LogP contribution is 2.38. The van der Waals surface area contributed by atoms with E-state index in [1.807, 2.05) is 30.3 Å². The quantitative estimate of drug-likeness (QED) is 0.568. The Morgan fingerprint density at radius 3 is 2.33 bits per heavy atom. The van der Waals surface area contributed by atoms with Crippen LogP contribution in [0.15, 0.2) is 42.5 Å². The monoisotopic (exact) mass is 338 g/mol. The van der Waals surface area contributed by atoms with Crippen molar-refractivity contribution in [3.63, 3.8) is 0 Å². The molecule has 1 aromatic heterocycles. The van der Waals surface area contributed by atoms with Gasteiger partial charge in [-0.25, -0.2) is 4.98 Å². The number of ether oxygens (including phenoxy) is 2. The van der Waals surface area contributed by atoms with Gasteiger partial charge in [0.1, 0.15) is 33.7 Å². The molecule has 1 N–H and O–H groups in total. The number of nitriles is 1. The Morgan fingerprint density at radius 1 is 1.08 bits per heavy atom. The third-order valence-electron chi connectivity index (χ3n) is 3.52. The third kappa shape index (κ3) is 2.66. The van der Waals surface area contributed by atoms with Gasteiger partial charge in [0.2, 0.25) is 0 Å². The summed E-state index contributed by atoms with van der Waals surface area (Å²) in [6.07, 6.45) is 0. The number of aromatic nitrogens is 1. The molecule has 0 bridgehead atoms. The van der Waals surface area contributed by atoms with Gasteiger partial charge in [0.15, 0.2) is 5.76 Å². The molecule has 0 aliphatic heterocycles. The zero-order chi connectivity index (χ0) is 17.1. The molecule has 0 unspecified atom stereocenters. The number of aliphatic hydroxyl groups is 1. The maximum Gasteiger partial charge on any atom is 0.151 e. The lowest BCUT2D eigenvalue weighted by molar-refractivity contribution is 0.385. The van der Waals surface area contributed by atoms with Crippen molar-refractivity contribution >= 4 is 32.9 Å². The normalized spacial score (nSPS) is 11.7. The summed E-state index contributed by atoms with van der Waals surface area (Å²) in [5.74, 6) is 0.618. The van der Waals surface area contributed by atoms with Crippen LogP contribution in [0.3, 0.4) is 0 Å². The summed E-state index contributed by atoms with van der Waals surface area (Å²) in [6.45, 7) is 0. The molecule has 0 saturated heterocycles. The van der Waals surface area contributed by atoms with E-state index >= 15 is 0 Å². The zero-order valence-corrected chi connectivity index (χ0v) is 13.9. The number of thiazole rings is 1. The highest BCUT2D eigenvalue weighted by atomic mass is 32.1. The molecule has 3 rings (SSSR count). The van der Waals surface area contributed by atoms with E-state index in [1.165, 1.54) is 25.6 Å². The Labute approximate surface area is 143 Å². The van der Waals surface area contributed by atoms with Crippen LogP contribution in [-0.4, -0.2) is 24.3 Å². The molecule has 1 heterocycles. The van der Waals surface area contributed by atoms with Crippen LogP contribution in [0.4, 0.5) is 0 Å². The number of methoxy groups -OCH3 is 2. The smallest absolute Gasteiger partial charge is 0.151 e. The lowest BCUT2D eigenvalue weighted by Crippen LogP contribution is -1.98. The molecule has 0 saturated carbocycles. The minimum atomic E-state index is -0.217. The molecular weight excluding hydrogens is 324 g/mol. The first-order valence-electron chi connectivity index (χ1n) is 7.10. The van der Waals surface area contributed by atoms with Gasteiger partial charge in [0.05, 0.1) is 24.4 Å². The van der Waals surface area contributed by atoms with Crippen molar-refractivity contribution in [3.8, 4) is 17.6 Å². The fourth-order valence-electron chi connectivity index (χ4n) is 2.39. The van der Waals surface area contributed by atoms with Crippen molar-refractivity contribution in [2.75, 3.05) is 14.2 Å². The van der Waals surface area contributed by atoms with Crippen LogP contribution < -0.4 is 9.47 Å². The molecular formula is C18H14N2O3S. The van der Waals surface area contributed by atoms with E-state index in [0.717, 1.165) is 10.2 Å². The van der Waals surface area contributed by atoms with Crippen molar-refractivity contribution in [1.29, 1.82) is 5.26 Å². The molecule has 0 fully saturated rings. The van der Waals surface area contributed by atoms with Crippen LogP contribution >= 0.6 is 11.3 Å². The molecule has 0 spiro atoms. The summed E-state index contributed by atoms with van der Waals surface area (Å²) in [7, 11) is 2.99. The number of benzene rings is 2. The molecule has 6 heteroatoms. The molecule has 5 nitrogen and oxygen atoms in total. The number of rotatable bonds is 4. The number of hydrogen-bond acceptors (Lipinski definition) is 6. The molecule has 0 aliphatic carbocycles. The number of nitrogens with zero attached hydrogens (tertiary/aromatic N) is 2. The number of hydrogen-bond donors (Lipinski definition) is 1. The van der Waals surface area contributed by atoms with Gasteiger partial charge < -0.3 is 14.6 Å². The molecule has 2 aromatic carbocycles. The van der Waals surface area contributed by atoms with E-state index in [0.29, 0.717) is 22.1 Å². The summed E-state index contributed by atoms with van der Waals surface area (Å²) in [5, 5.41) is 20.8. The fourth-order valence-corrected chi connectivity index (χ4v) is 3.35. The maximum atomic E-state index is 10.7. The molecule has 3 aromatic rings. The number of para-hydroxylation sites is 1. The first kappa shape index (κ1) is 15.8. The Balaban J connectivity index is 2.24. The van der Waals surface area contributed by atoms with Crippen molar-refractivity contribution in [2.24, 2.45) is 0 Å². The van der Waals surface area contributed by atoms with E-state index in [4.69, 9.17) is 9.47 Å². The van der Waals surface area contributed by atoms with Crippen molar-refractivity contribution in [1.82, 2.24) is 4.98 Å². The SMILES string of the molecule is COc1cccc(OC)c1C(O)=C(C#N)c1nc2ccccc2s1. The van der Waals surface area contributed by atoms with Gasteiger partial charge in [-0.3, -0.25) is 0 Å². The fraction of sp³-hybridized carbons (Fsp3) is 0.111. The summed E-state index contributed by atoms with van der Waals surface area (Å²) in [4.78, 5) is 4.44. The Bertz CT molecular complexity index is 915. The van der Waals surface area contributed by atoms with Crippen molar-refractivity contribution in [3.05, 3.63) is 53.0 Å². The summed E-state index contributed by atoms with van der Waals surface area (Å²) < 4.78 is 11.5. The van der Waals surface area contributed by atoms with Gasteiger partial charge in [-0.2, -0.15) is 5.26 Å². The molecule has 0 amide bonds. The topological polar surface area (TPSA) is 75.4 Å². The Morgan fingerprint density at radius 2 is 1.75 bits per heavy atom. The molecule has 0 aliphatic rings. The summed E-state index contributed by atoms with van der Waals surface area (Å²) in [5.41, 5.74) is 1.20. The largest absolute Gasteiger partial charge is 0.506 e. The maximum absolute atomic E-state index is 10.7. The number of allylic oxidation sites excluding steroid dienone is 1. The van der Waals surface area contributed by atoms with Gasteiger partial charge in [0, 0.05) is 0 Å². The van der Waals surface area contributed by atoms with Crippen LogP contribution in [0.25, 0.3) is 21.5 Å². The first-order valence-corrected chi connectivity index (χ1v) is 7.92. The highest BCUT2D eigenvalue weighted by Gasteiger charge is 2.21. The lowest BCUT2D eigenvalue weighted by Gasteiger charge is -2.12. The molecule has 120 valence electrons. The third-order valence-corrected chi connectivity index (χ3v) is 4.57. The van der Waals surface area contributed by atoms with Crippen molar-refractivity contribution < 1.29 is 14.6 Å². The van der Waals surface area contributed by atoms with E-state index in [-0.39, 0.29) is 11.3 Å². The van der Waals surface area contributed by atoms with Gasteiger partial charge in [-0.15, -0.1) is 11.3 Å². The van der Waals surface area contributed by atoms with Crippen molar-refractivity contribution in [2.45, 2.75) is 0 Å².